The Labute approximate surface area is 189 Å². The second-order valence-corrected chi connectivity index (χ2v) is 9.46. The van der Waals surface area contributed by atoms with E-state index in [0.717, 1.165) is 12.8 Å². The first-order valence-corrected chi connectivity index (χ1v) is 11.7. The smallest absolute Gasteiger partial charge is 0.187 e. The van der Waals surface area contributed by atoms with Crippen LogP contribution in [0, 0.1) is 17.8 Å². The fraction of sp³-hybridized carbons (Fsp3) is 1.00. The van der Waals surface area contributed by atoms with E-state index in [4.69, 9.17) is 14.2 Å². The Kier molecular flexibility index (Phi) is 10.3. The van der Waals surface area contributed by atoms with Crippen LogP contribution in [0.4, 0.5) is 0 Å². The van der Waals surface area contributed by atoms with Crippen LogP contribution in [0.5, 0.6) is 0 Å². The number of rotatable bonds is 10. The summed E-state index contributed by atoms with van der Waals surface area (Å²) in [6, 6.07) is 0. The second kappa shape index (κ2) is 11.8. The minimum absolute atomic E-state index is 0.0202. The van der Waals surface area contributed by atoms with Crippen molar-refractivity contribution in [1.29, 1.82) is 0 Å². The summed E-state index contributed by atoms with van der Waals surface area (Å²) >= 11 is 0. The molecule has 0 aliphatic carbocycles. The molecule has 2 aliphatic heterocycles. The molecule has 0 aromatic carbocycles. The molecule has 0 spiro atoms. The molecule has 2 aliphatic rings. The van der Waals surface area contributed by atoms with Gasteiger partial charge in [-0.1, -0.05) is 40.0 Å². The van der Waals surface area contributed by atoms with Gasteiger partial charge in [0.15, 0.2) is 12.6 Å². The molecule has 0 radical (unpaired) electrons. The van der Waals surface area contributed by atoms with E-state index in [9.17, 15) is 35.7 Å². The van der Waals surface area contributed by atoms with Crippen molar-refractivity contribution in [3.8, 4) is 0 Å². The van der Waals surface area contributed by atoms with Crippen LogP contribution in [0.25, 0.3) is 0 Å². The molecule has 2 rings (SSSR count). The fourth-order valence-electron chi connectivity index (χ4n) is 5.14. The van der Waals surface area contributed by atoms with Crippen LogP contribution in [0.3, 0.4) is 0 Å². The molecular formula is C22H42O10. The molecule has 10 heteroatoms. The highest BCUT2D eigenvalue weighted by atomic mass is 16.7. The van der Waals surface area contributed by atoms with Crippen LogP contribution in [0.15, 0.2) is 0 Å². The van der Waals surface area contributed by atoms with Crippen LogP contribution < -0.4 is 0 Å². The Morgan fingerprint density at radius 3 is 2.03 bits per heavy atom. The van der Waals surface area contributed by atoms with Gasteiger partial charge in [-0.05, 0) is 19.3 Å². The summed E-state index contributed by atoms with van der Waals surface area (Å²) in [6.07, 6.45) is -8.00. The molecule has 0 aromatic rings. The van der Waals surface area contributed by atoms with E-state index >= 15 is 0 Å². The van der Waals surface area contributed by atoms with Gasteiger partial charge in [-0.2, -0.15) is 0 Å². The summed E-state index contributed by atoms with van der Waals surface area (Å²) in [4.78, 5) is 0. The van der Waals surface area contributed by atoms with Crippen molar-refractivity contribution < 1.29 is 50.0 Å². The highest BCUT2D eigenvalue weighted by Gasteiger charge is 2.55. The molecule has 12 unspecified atom stereocenters. The molecule has 32 heavy (non-hydrogen) atoms. The highest BCUT2D eigenvalue weighted by Crippen LogP contribution is 2.42. The van der Waals surface area contributed by atoms with E-state index in [0.29, 0.717) is 12.8 Å². The highest BCUT2D eigenvalue weighted by molar-refractivity contribution is 5.01. The van der Waals surface area contributed by atoms with E-state index in [2.05, 4.69) is 0 Å². The molecule has 2 saturated heterocycles. The van der Waals surface area contributed by atoms with Gasteiger partial charge in [-0.15, -0.1) is 0 Å². The third-order valence-electron chi connectivity index (χ3n) is 7.26. The summed E-state index contributed by atoms with van der Waals surface area (Å²) < 4.78 is 17.4. The number of aliphatic hydroxyl groups excluding tert-OH is 7. The Morgan fingerprint density at radius 1 is 0.875 bits per heavy atom. The average Bonchev–Trinajstić information content (AvgIpc) is 2.77. The topological polar surface area (TPSA) is 169 Å². The molecule has 0 aromatic heterocycles. The lowest BCUT2D eigenvalue weighted by atomic mass is 9.74. The zero-order chi connectivity index (χ0) is 24.2. The third-order valence-corrected chi connectivity index (χ3v) is 7.26. The van der Waals surface area contributed by atoms with Gasteiger partial charge in [0.05, 0.1) is 43.2 Å². The molecule has 0 bridgehead atoms. The first kappa shape index (κ1) is 27.8. The van der Waals surface area contributed by atoms with Gasteiger partial charge in [0.2, 0.25) is 0 Å². The summed E-state index contributed by atoms with van der Waals surface area (Å²) in [5, 5.41) is 72.2. The Morgan fingerprint density at radius 2 is 1.50 bits per heavy atom. The second-order valence-electron chi connectivity index (χ2n) is 9.46. The van der Waals surface area contributed by atoms with Crippen molar-refractivity contribution in [1.82, 2.24) is 0 Å². The Balaban J connectivity index is 2.34. The van der Waals surface area contributed by atoms with Gasteiger partial charge in [-0.25, -0.2) is 0 Å². The van der Waals surface area contributed by atoms with Gasteiger partial charge in [0, 0.05) is 11.8 Å². The van der Waals surface area contributed by atoms with E-state index in [1.54, 1.807) is 6.92 Å². The van der Waals surface area contributed by atoms with Crippen molar-refractivity contribution in [3.05, 3.63) is 0 Å². The monoisotopic (exact) mass is 466 g/mol. The molecule has 190 valence electrons. The molecule has 12 atom stereocenters. The van der Waals surface area contributed by atoms with Crippen molar-refractivity contribution in [2.24, 2.45) is 17.8 Å². The predicted molar refractivity (Wildman–Crippen MR) is 113 cm³/mol. The Hall–Kier alpha value is -0.400. The number of hydrogen-bond acceptors (Lipinski definition) is 10. The summed E-state index contributed by atoms with van der Waals surface area (Å²) in [5.41, 5.74) is -1.27. The van der Waals surface area contributed by atoms with Gasteiger partial charge in [0.25, 0.3) is 0 Å². The minimum Gasteiger partial charge on any atom is -0.394 e. The number of unbranched alkanes of at least 4 members (excludes halogenated alkanes) is 1. The largest absolute Gasteiger partial charge is 0.394 e. The third kappa shape index (κ3) is 5.63. The van der Waals surface area contributed by atoms with E-state index in [1.807, 2.05) is 20.8 Å². The maximum Gasteiger partial charge on any atom is 0.187 e. The zero-order valence-corrected chi connectivity index (χ0v) is 19.4. The van der Waals surface area contributed by atoms with E-state index < -0.39 is 73.2 Å². The van der Waals surface area contributed by atoms with Gasteiger partial charge < -0.3 is 50.0 Å². The van der Waals surface area contributed by atoms with Gasteiger partial charge >= 0.3 is 0 Å². The lowest BCUT2D eigenvalue weighted by molar-refractivity contribution is -0.354. The molecular weight excluding hydrogens is 424 g/mol. The molecule has 10 nitrogen and oxygen atoms in total. The fourth-order valence-corrected chi connectivity index (χ4v) is 5.14. The minimum atomic E-state index is -1.66. The van der Waals surface area contributed by atoms with Crippen molar-refractivity contribution >= 4 is 0 Å². The van der Waals surface area contributed by atoms with E-state index in [-0.39, 0.29) is 12.5 Å². The van der Waals surface area contributed by atoms with Crippen molar-refractivity contribution in [2.75, 3.05) is 13.2 Å². The maximum atomic E-state index is 10.8. The number of hydrogen-bond donors (Lipinski definition) is 7. The number of ether oxygens (including phenoxy) is 3. The van der Waals surface area contributed by atoms with Crippen LogP contribution in [-0.2, 0) is 14.2 Å². The van der Waals surface area contributed by atoms with Crippen molar-refractivity contribution in [3.63, 3.8) is 0 Å². The van der Waals surface area contributed by atoms with Crippen LogP contribution in [0.2, 0.25) is 0 Å². The first-order chi connectivity index (χ1) is 15.1. The van der Waals surface area contributed by atoms with Crippen LogP contribution >= 0.6 is 0 Å². The van der Waals surface area contributed by atoms with E-state index in [1.165, 1.54) is 0 Å². The molecule has 7 N–H and O–H groups in total. The predicted octanol–water partition coefficient (Wildman–Crippen LogP) is -0.899. The molecule has 0 saturated carbocycles. The summed E-state index contributed by atoms with van der Waals surface area (Å²) in [7, 11) is 0. The Bertz CT molecular complexity index is 561. The molecule has 2 heterocycles. The standard InChI is InChI=1S/C22H42O10/c1-5-7-8-22(4,15-13(10-24)30-20(29)18(27)17(15)26)32-21-19(28)16(25)14(11(3)6-2)12(9-23)31-21/h11-21,23-29H,5-10H2,1-4H3. The summed E-state index contributed by atoms with van der Waals surface area (Å²) in [5.74, 6) is -1.48. The first-order valence-electron chi connectivity index (χ1n) is 11.7. The van der Waals surface area contributed by atoms with Crippen LogP contribution in [0.1, 0.15) is 53.4 Å². The lowest BCUT2D eigenvalue weighted by Crippen LogP contribution is -2.65. The molecule has 0 amide bonds. The number of aliphatic hydroxyl groups is 7. The van der Waals surface area contributed by atoms with Crippen LogP contribution in [-0.4, -0.2) is 104 Å². The lowest BCUT2D eigenvalue weighted by Gasteiger charge is -2.52. The van der Waals surface area contributed by atoms with Gasteiger partial charge in [-0.3, -0.25) is 0 Å². The van der Waals surface area contributed by atoms with Gasteiger partial charge in [0.1, 0.15) is 12.2 Å². The maximum absolute atomic E-state index is 10.8. The van der Waals surface area contributed by atoms with Crippen molar-refractivity contribution in [2.45, 2.75) is 108 Å². The quantitative estimate of drug-likeness (QED) is 0.214. The summed E-state index contributed by atoms with van der Waals surface area (Å²) in [6.45, 7) is 6.57. The normalized spacial score (nSPS) is 43.6. The SMILES string of the molecule is CCCCC(C)(OC1OC(CO)C(C(C)CC)C(O)C1O)C1C(CO)OC(O)C(O)C1O. The average molecular weight is 467 g/mol. The zero-order valence-electron chi connectivity index (χ0n) is 19.4. The molecule has 2 fully saturated rings.